The van der Waals surface area contributed by atoms with E-state index in [9.17, 15) is 4.79 Å². The second kappa shape index (κ2) is 5.89. The zero-order valence-corrected chi connectivity index (χ0v) is 10.6. The molecule has 0 amide bonds. The van der Waals surface area contributed by atoms with E-state index in [1.807, 2.05) is 20.8 Å². The van der Waals surface area contributed by atoms with Crippen LogP contribution in [0.1, 0.15) is 27.2 Å². The van der Waals surface area contributed by atoms with Crippen LogP contribution in [0, 0.1) is 11.3 Å². The molecule has 1 heterocycles. The summed E-state index contributed by atoms with van der Waals surface area (Å²) in [5, 5.41) is 6.76. The Morgan fingerprint density at radius 2 is 2.29 bits per heavy atom. The van der Waals surface area contributed by atoms with Gasteiger partial charge in [-0.15, -0.1) is 0 Å². The summed E-state index contributed by atoms with van der Waals surface area (Å²) in [7, 11) is 0. The molecule has 0 radical (unpaired) electrons. The first-order chi connectivity index (χ1) is 7.95. The summed E-state index contributed by atoms with van der Waals surface area (Å²) < 4.78 is 5.48. The van der Waals surface area contributed by atoms with Gasteiger partial charge < -0.3 is 10.1 Å². The van der Waals surface area contributed by atoms with E-state index in [2.05, 4.69) is 15.3 Å². The van der Waals surface area contributed by atoms with E-state index in [4.69, 9.17) is 10.3 Å². The van der Waals surface area contributed by atoms with Crippen LogP contribution >= 0.6 is 0 Å². The smallest absolute Gasteiger partial charge is 0.311 e. The van der Waals surface area contributed by atoms with Crippen molar-refractivity contribution in [2.45, 2.75) is 33.3 Å². The number of ether oxygens (including phenoxy) is 1. The predicted molar refractivity (Wildman–Crippen MR) is 64.3 cm³/mol. The van der Waals surface area contributed by atoms with E-state index in [0.717, 1.165) is 13.0 Å². The minimum atomic E-state index is -0.500. The van der Waals surface area contributed by atoms with Gasteiger partial charge in [0.25, 0.3) is 0 Å². The molecular formula is C11H20N4O2. The van der Waals surface area contributed by atoms with Crippen LogP contribution in [0.3, 0.4) is 0 Å². The highest BCUT2D eigenvalue weighted by Gasteiger charge is 2.31. The van der Waals surface area contributed by atoms with Gasteiger partial charge in [-0.25, -0.2) is 0 Å². The van der Waals surface area contributed by atoms with Crippen LogP contribution in [-0.2, 0) is 9.53 Å². The third-order valence-electron chi connectivity index (χ3n) is 2.81. The van der Waals surface area contributed by atoms with Gasteiger partial charge in [-0.2, -0.15) is 0 Å². The molecular weight excluding hydrogens is 220 g/mol. The van der Waals surface area contributed by atoms with E-state index in [0.29, 0.717) is 13.1 Å². The molecule has 6 nitrogen and oxygen atoms in total. The fourth-order valence-electron chi connectivity index (χ4n) is 1.69. The fraction of sp³-hybridized carbons (Fsp3) is 0.909. The molecule has 17 heavy (non-hydrogen) atoms. The second-order valence-electron chi connectivity index (χ2n) is 5.36. The van der Waals surface area contributed by atoms with Crippen LogP contribution in [0.15, 0.2) is 5.11 Å². The predicted octanol–water partition coefficient (Wildman–Crippen LogP) is 1.86. The molecule has 1 aliphatic rings. The molecule has 0 spiro atoms. The molecule has 1 N–H and O–H groups in total. The highest BCUT2D eigenvalue weighted by atomic mass is 16.5. The molecule has 0 aliphatic carbocycles. The molecule has 0 aromatic carbocycles. The topological polar surface area (TPSA) is 87.1 Å². The molecule has 1 aliphatic heterocycles. The van der Waals surface area contributed by atoms with Crippen molar-refractivity contribution in [2.75, 3.05) is 19.6 Å². The third kappa shape index (κ3) is 4.24. The van der Waals surface area contributed by atoms with Crippen molar-refractivity contribution in [2.24, 2.45) is 16.4 Å². The van der Waals surface area contributed by atoms with E-state index < -0.39 is 5.41 Å². The lowest BCUT2D eigenvalue weighted by atomic mass is 9.93. The highest BCUT2D eigenvalue weighted by Crippen LogP contribution is 2.22. The van der Waals surface area contributed by atoms with Crippen LogP contribution in [0.4, 0.5) is 0 Å². The van der Waals surface area contributed by atoms with Crippen molar-refractivity contribution in [3.8, 4) is 0 Å². The van der Waals surface area contributed by atoms with Crippen molar-refractivity contribution < 1.29 is 9.53 Å². The molecule has 0 bridgehead atoms. The van der Waals surface area contributed by atoms with Gasteiger partial charge in [0.15, 0.2) is 0 Å². The maximum atomic E-state index is 11.8. The average molecular weight is 240 g/mol. The summed E-state index contributed by atoms with van der Waals surface area (Å²) >= 11 is 0. The number of piperidine rings is 1. The van der Waals surface area contributed by atoms with Crippen molar-refractivity contribution >= 4 is 5.97 Å². The lowest BCUT2D eigenvalue weighted by Gasteiger charge is -2.32. The molecule has 0 saturated carbocycles. The average Bonchev–Trinajstić information content (AvgIpc) is 2.26. The molecule has 0 aromatic rings. The molecule has 1 rings (SSSR count). The Balaban J connectivity index is 2.59. The molecule has 1 fully saturated rings. The van der Waals surface area contributed by atoms with Gasteiger partial charge in [-0.3, -0.25) is 4.79 Å². The van der Waals surface area contributed by atoms with E-state index in [1.54, 1.807) is 0 Å². The Hall–Kier alpha value is -1.26. The normalized spacial score (nSPS) is 24.9. The SMILES string of the molecule is CC(C)(C)C(=O)OC1CNCCC1CN=[N+]=[N-]. The lowest BCUT2D eigenvalue weighted by molar-refractivity contribution is -0.162. The second-order valence-corrected chi connectivity index (χ2v) is 5.36. The third-order valence-corrected chi connectivity index (χ3v) is 2.81. The summed E-state index contributed by atoms with van der Waals surface area (Å²) in [5.41, 5.74) is 7.83. The first kappa shape index (κ1) is 13.8. The molecule has 1 saturated heterocycles. The number of azide groups is 1. The van der Waals surface area contributed by atoms with E-state index >= 15 is 0 Å². The quantitative estimate of drug-likeness (QED) is 0.353. The van der Waals surface area contributed by atoms with Gasteiger partial charge >= 0.3 is 5.97 Å². The number of nitrogens with one attached hydrogen (secondary N) is 1. The fourth-order valence-corrected chi connectivity index (χ4v) is 1.69. The summed E-state index contributed by atoms with van der Waals surface area (Å²) in [6.45, 7) is 7.37. The zero-order chi connectivity index (χ0) is 12.9. The Bertz CT molecular complexity index is 318. The number of hydrogen-bond donors (Lipinski definition) is 1. The minimum Gasteiger partial charge on any atom is -0.460 e. The van der Waals surface area contributed by atoms with Gasteiger partial charge in [-0.05, 0) is 39.3 Å². The number of rotatable bonds is 3. The summed E-state index contributed by atoms with van der Waals surface area (Å²) in [6.07, 6.45) is 0.669. The molecule has 0 aromatic heterocycles. The van der Waals surface area contributed by atoms with Crippen molar-refractivity contribution in [1.29, 1.82) is 0 Å². The van der Waals surface area contributed by atoms with Crippen molar-refractivity contribution in [3.63, 3.8) is 0 Å². The standard InChI is InChI=1S/C11H20N4O2/c1-11(2,3)10(16)17-9-7-13-5-4-8(9)6-14-15-12/h8-9,13H,4-7H2,1-3H3. The summed E-state index contributed by atoms with van der Waals surface area (Å²) in [5.74, 6) is -0.0874. The molecule has 96 valence electrons. The monoisotopic (exact) mass is 240 g/mol. The number of esters is 1. The first-order valence-electron chi connectivity index (χ1n) is 5.88. The van der Waals surface area contributed by atoms with Crippen LogP contribution in [0.25, 0.3) is 10.4 Å². The maximum absolute atomic E-state index is 11.8. The van der Waals surface area contributed by atoms with Crippen LogP contribution in [0.5, 0.6) is 0 Å². The van der Waals surface area contributed by atoms with Crippen LogP contribution in [0.2, 0.25) is 0 Å². The molecule has 2 atom stereocenters. The number of hydrogen-bond acceptors (Lipinski definition) is 4. The minimum absolute atomic E-state index is 0.124. The Labute approximate surface area is 101 Å². The number of carbonyl (C=O) groups excluding carboxylic acids is 1. The van der Waals surface area contributed by atoms with Gasteiger partial charge in [0, 0.05) is 23.9 Å². The Kier molecular flexibility index (Phi) is 4.78. The van der Waals surface area contributed by atoms with Gasteiger partial charge in [0.1, 0.15) is 6.10 Å². The van der Waals surface area contributed by atoms with Crippen LogP contribution < -0.4 is 5.32 Å². The zero-order valence-electron chi connectivity index (χ0n) is 10.6. The first-order valence-corrected chi connectivity index (χ1v) is 5.88. The van der Waals surface area contributed by atoms with Crippen molar-refractivity contribution in [1.82, 2.24) is 5.32 Å². The van der Waals surface area contributed by atoms with Gasteiger partial charge in [0.05, 0.1) is 5.41 Å². The Morgan fingerprint density at radius 3 is 2.88 bits per heavy atom. The van der Waals surface area contributed by atoms with E-state index in [1.165, 1.54) is 0 Å². The van der Waals surface area contributed by atoms with Crippen LogP contribution in [-0.4, -0.2) is 31.7 Å². The number of nitrogens with zero attached hydrogens (tertiary/aromatic N) is 3. The van der Waals surface area contributed by atoms with Crippen molar-refractivity contribution in [3.05, 3.63) is 10.4 Å². The van der Waals surface area contributed by atoms with Gasteiger partial charge in [0.2, 0.25) is 0 Å². The molecule has 2 unspecified atom stereocenters. The maximum Gasteiger partial charge on any atom is 0.311 e. The highest BCUT2D eigenvalue weighted by molar-refractivity contribution is 5.75. The number of carbonyl (C=O) groups is 1. The molecule has 6 heteroatoms. The van der Waals surface area contributed by atoms with Gasteiger partial charge in [-0.1, -0.05) is 5.11 Å². The summed E-state index contributed by atoms with van der Waals surface area (Å²) in [4.78, 5) is 14.6. The Morgan fingerprint density at radius 1 is 1.59 bits per heavy atom. The summed E-state index contributed by atoms with van der Waals surface area (Å²) in [6, 6.07) is 0. The largest absolute Gasteiger partial charge is 0.460 e. The van der Waals surface area contributed by atoms with E-state index in [-0.39, 0.29) is 18.0 Å². The lowest BCUT2D eigenvalue weighted by Crippen LogP contribution is -2.45.